The highest BCUT2D eigenvalue weighted by molar-refractivity contribution is 6.03. The summed E-state index contributed by atoms with van der Waals surface area (Å²) in [5.41, 5.74) is 1.11. The molecule has 1 N–H and O–H groups in total. The summed E-state index contributed by atoms with van der Waals surface area (Å²) in [7, 11) is 0. The number of amides is 1. The summed E-state index contributed by atoms with van der Waals surface area (Å²) in [4.78, 5) is 12.3. The Hall–Kier alpha value is -3.42. The highest BCUT2D eigenvalue weighted by Crippen LogP contribution is 2.28. The third-order valence-electron chi connectivity index (χ3n) is 4.14. The zero-order valence-electron chi connectivity index (χ0n) is 16.2. The van der Waals surface area contributed by atoms with Gasteiger partial charge in [-0.05, 0) is 48.4 Å². The van der Waals surface area contributed by atoms with E-state index in [4.69, 9.17) is 9.15 Å². The Bertz CT molecular complexity index is 986. The largest absolute Gasteiger partial charge is 0.486 e. The van der Waals surface area contributed by atoms with Crippen LogP contribution in [0.2, 0.25) is 0 Å². The van der Waals surface area contributed by atoms with Gasteiger partial charge < -0.3 is 19.2 Å². The van der Waals surface area contributed by atoms with Crippen molar-refractivity contribution in [3.8, 4) is 11.5 Å². The lowest BCUT2D eigenvalue weighted by Gasteiger charge is -2.11. The van der Waals surface area contributed by atoms with Gasteiger partial charge in [0.2, 0.25) is 0 Å². The highest BCUT2D eigenvalue weighted by atomic mass is 19.3. The second-order valence-electron chi connectivity index (χ2n) is 6.42. The maximum Gasteiger partial charge on any atom is 0.387 e. The average molecular weight is 419 g/mol. The van der Waals surface area contributed by atoms with Crippen molar-refractivity contribution < 1.29 is 31.9 Å². The maximum absolute atomic E-state index is 13.3. The van der Waals surface area contributed by atoms with E-state index >= 15 is 0 Å². The van der Waals surface area contributed by atoms with Crippen LogP contribution in [-0.2, 0) is 13.0 Å². The van der Waals surface area contributed by atoms with Crippen LogP contribution in [0.25, 0.3) is 0 Å². The number of hydrogen-bond acceptors (Lipinski definition) is 4. The fourth-order valence-corrected chi connectivity index (χ4v) is 2.75. The second kappa shape index (κ2) is 9.87. The molecule has 1 amide bonds. The molecule has 3 rings (SSSR count). The fraction of sp³-hybridized carbons (Fsp3) is 0.227. The van der Waals surface area contributed by atoms with Crippen LogP contribution in [-0.4, -0.2) is 12.5 Å². The van der Waals surface area contributed by atoms with E-state index in [1.165, 1.54) is 11.6 Å². The summed E-state index contributed by atoms with van der Waals surface area (Å²) in [5, 5.41) is 2.37. The van der Waals surface area contributed by atoms with Crippen LogP contribution in [0.4, 0.5) is 18.9 Å². The topological polar surface area (TPSA) is 60.7 Å². The summed E-state index contributed by atoms with van der Waals surface area (Å²) in [6.07, 6.45) is 2.06. The van der Waals surface area contributed by atoms with E-state index in [1.807, 2.05) is 24.3 Å². The number of anilines is 1. The number of rotatable bonds is 9. The summed E-state index contributed by atoms with van der Waals surface area (Å²) in [6.45, 7) is -0.945. The molecule has 1 aromatic heterocycles. The van der Waals surface area contributed by atoms with Gasteiger partial charge in [0, 0.05) is 6.07 Å². The van der Waals surface area contributed by atoms with Gasteiger partial charge in [0.15, 0.2) is 11.5 Å². The molecule has 0 saturated carbocycles. The summed E-state index contributed by atoms with van der Waals surface area (Å²) >= 11 is 0. The molecule has 0 spiro atoms. The van der Waals surface area contributed by atoms with Crippen LogP contribution < -0.4 is 14.8 Å². The lowest BCUT2D eigenvalue weighted by atomic mass is 10.1. The SMILES string of the molecule is CCCc1ccc(OCc2ccc(C(=O)Nc3ccc(F)cc3OC(F)F)o2)cc1. The molecule has 0 aliphatic rings. The minimum Gasteiger partial charge on any atom is -0.486 e. The van der Waals surface area contributed by atoms with Gasteiger partial charge in [-0.1, -0.05) is 25.5 Å². The van der Waals surface area contributed by atoms with Gasteiger partial charge in [-0.2, -0.15) is 8.78 Å². The Morgan fingerprint density at radius 1 is 1.10 bits per heavy atom. The molecular weight excluding hydrogens is 399 g/mol. The van der Waals surface area contributed by atoms with Crippen molar-refractivity contribution in [2.24, 2.45) is 0 Å². The van der Waals surface area contributed by atoms with E-state index in [0.717, 1.165) is 31.0 Å². The fourth-order valence-electron chi connectivity index (χ4n) is 2.75. The number of carbonyl (C=O) groups excluding carboxylic acids is 1. The van der Waals surface area contributed by atoms with Gasteiger partial charge in [0.1, 0.15) is 23.9 Å². The van der Waals surface area contributed by atoms with Gasteiger partial charge in [-0.15, -0.1) is 0 Å². The van der Waals surface area contributed by atoms with E-state index < -0.39 is 24.1 Å². The molecule has 8 heteroatoms. The molecule has 0 aliphatic carbocycles. The number of furan rings is 1. The maximum atomic E-state index is 13.3. The van der Waals surface area contributed by atoms with Crippen LogP contribution in [0.3, 0.4) is 0 Å². The second-order valence-corrected chi connectivity index (χ2v) is 6.42. The molecule has 30 heavy (non-hydrogen) atoms. The number of hydrogen-bond donors (Lipinski definition) is 1. The number of halogens is 3. The van der Waals surface area contributed by atoms with Crippen LogP contribution in [0, 0.1) is 5.82 Å². The van der Waals surface area contributed by atoms with Crippen molar-refractivity contribution in [2.75, 3.05) is 5.32 Å². The predicted octanol–water partition coefficient (Wildman–Crippen LogP) is 5.80. The Balaban J connectivity index is 1.61. The molecule has 1 heterocycles. The van der Waals surface area contributed by atoms with Gasteiger partial charge in [-0.3, -0.25) is 4.79 Å². The third-order valence-corrected chi connectivity index (χ3v) is 4.14. The Morgan fingerprint density at radius 2 is 1.87 bits per heavy atom. The molecule has 5 nitrogen and oxygen atoms in total. The molecule has 0 aliphatic heterocycles. The Kier molecular flexibility index (Phi) is 7.00. The van der Waals surface area contributed by atoms with Gasteiger partial charge in [-0.25, -0.2) is 4.39 Å². The van der Waals surface area contributed by atoms with Crippen molar-refractivity contribution in [2.45, 2.75) is 33.0 Å². The molecule has 3 aromatic rings. The van der Waals surface area contributed by atoms with Crippen molar-refractivity contribution >= 4 is 11.6 Å². The highest BCUT2D eigenvalue weighted by Gasteiger charge is 2.17. The summed E-state index contributed by atoms with van der Waals surface area (Å²) in [6, 6.07) is 13.6. The van der Waals surface area contributed by atoms with Crippen molar-refractivity contribution in [3.05, 3.63) is 77.5 Å². The minimum absolute atomic E-state index is 0.0563. The van der Waals surface area contributed by atoms with E-state index in [-0.39, 0.29) is 18.1 Å². The van der Waals surface area contributed by atoms with E-state index in [1.54, 1.807) is 6.07 Å². The number of benzene rings is 2. The van der Waals surface area contributed by atoms with E-state index in [0.29, 0.717) is 11.5 Å². The van der Waals surface area contributed by atoms with E-state index in [9.17, 15) is 18.0 Å². The zero-order valence-corrected chi connectivity index (χ0v) is 16.2. The zero-order chi connectivity index (χ0) is 21.5. The predicted molar refractivity (Wildman–Crippen MR) is 104 cm³/mol. The molecule has 0 fully saturated rings. The first kappa shape index (κ1) is 21.3. The number of aryl methyl sites for hydroxylation is 1. The van der Waals surface area contributed by atoms with Crippen molar-refractivity contribution in [1.29, 1.82) is 0 Å². The third kappa shape index (κ3) is 5.79. The van der Waals surface area contributed by atoms with Crippen LogP contribution >= 0.6 is 0 Å². The van der Waals surface area contributed by atoms with Gasteiger partial charge >= 0.3 is 6.61 Å². The molecule has 0 bridgehead atoms. The molecule has 0 unspecified atom stereocenters. The number of alkyl halides is 2. The normalized spacial score (nSPS) is 10.8. The van der Waals surface area contributed by atoms with Gasteiger partial charge in [0.05, 0.1) is 5.69 Å². The van der Waals surface area contributed by atoms with Crippen LogP contribution in [0.5, 0.6) is 11.5 Å². The summed E-state index contributed by atoms with van der Waals surface area (Å²) < 4.78 is 53.6. The monoisotopic (exact) mass is 419 g/mol. The first-order chi connectivity index (χ1) is 14.4. The average Bonchev–Trinajstić information content (AvgIpc) is 3.18. The lowest BCUT2D eigenvalue weighted by molar-refractivity contribution is -0.0495. The molecule has 158 valence electrons. The molecular formula is C22H20F3NO4. The summed E-state index contributed by atoms with van der Waals surface area (Å²) in [5.74, 6) is -0.947. The quantitative estimate of drug-likeness (QED) is 0.476. The standard InChI is InChI=1S/C22H20F3NO4/c1-2-3-14-4-7-16(8-5-14)28-13-17-9-11-19(29-17)21(27)26-18-10-6-15(23)12-20(18)30-22(24)25/h4-12,22H,2-3,13H2,1H3,(H,26,27). The lowest BCUT2D eigenvalue weighted by Crippen LogP contribution is -2.13. The van der Waals surface area contributed by atoms with Crippen LogP contribution in [0.1, 0.15) is 35.2 Å². The number of ether oxygens (including phenoxy) is 2. The van der Waals surface area contributed by atoms with Crippen LogP contribution in [0.15, 0.2) is 59.0 Å². The first-order valence-corrected chi connectivity index (χ1v) is 9.30. The van der Waals surface area contributed by atoms with Gasteiger partial charge in [0.25, 0.3) is 5.91 Å². The molecule has 0 atom stereocenters. The number of nitrogens with one attached hydrogen (secondary N) is 1. The van der Waals surface area contributed by atoms with Crippen molar-refractivity contribution in [3.63, 3.8) is 0 Å². The Labute approximate surface area is 171 Å². The first-order valence-electron chi connectivity index (χ1n) is 9.30. The molecule has 2 aromatic carbocycles. The number of carbonyl (C=O) groups is 1. The van der Waals surface area contributed by atoms with E-state index in [2.05, 4.69) is 17.0 Å². The Morgan fingerprint density at radius 3 is 2.57 bits per heavy atom. The van der Waals surface area contributed by atoms with Crippen molar-refractivity contribution in [1.82, 2.24) is 0 Å². The minimum atomic E-state index is -3.16. The molecule has 0 saturated heterocycles. The smallest absolute Gasteiger partial charge is 0.387 e. The molecule has 0 radical (unpaired) electrons.